The molecule has 1 amide bonds. The second-order valence-corrected chi connectivity index (χ2v) is 9.10. The first-order chi connectivity index (χ1) is 16.0. The van der Waals surface area contributed by atoms with Crippen LogP contribution in [-0.4, -0.2) is 77.9 Å². The number of carbonyl (C=O) groups excluding carboxylic acids is 1. The van der Waals surface area contributed by atoms with Crippen LogP contribution in [0, 0.1) is 11.6 Å². The number of carbonyl (C=O) groups is 1. The van der Waals surface area contributed by atoms with Gasteiger partial charge in [-0.05, 0) is 50.2 Å². The van der Waals surface area contributed by atoms with Gasteiger partial charge in [-0.3, -0.25) is 9.69 Å². The minimum absolute atomic E-state index is 0.0194. The van der Waals surface area contributed by atoms with Crippen molar-refractivity contribution < 1.29 is 13.6 Å². The summed E-state index contributed by atoms with van der Waals surface area (Å²) in [6, 6.07) is 13.1. The molecule has 1 unspecified atom stereocenters. The molecule has 5 nitrogen and oxygen atoms in total. The minimum atomic E-state index is -0.929. The van der Waals surface area contributed by atoms with Crippen LogP contribution in [0.1, 0.15) is 23.2 Å². The van der Waals surface area contributed by atoms with Crippen molar-refractivity contribution in [2.45, 2.75) is 18.9 Å². The molecule has 2 aliphatic heterocycles. The summed E-state index contributed by atoms with van der Waals surface area (Å²) in [5, 5.41) is 0.777. The third kappa shape index (κ3) is 4.48. The van der Waals surface area contributed by atoms with Crippen molar-refractivity contribution in [3.8, 4) is 11.3 Å². The predicted octanol–water partition coefficient (Wildman–Crippen LogP) is 4.03. The van der Waals surface area contributed by atoms with Gasteiger partial charge in [0.25, 0.3) is 5.91 Å². The Bertz CT molecular complexity index is 1180. The number of hydrogen-bond donors (Lipinski definition) is 0. The van der Waals surface area contributed by atoms with E-state index in [1.165, 1.54) is 6.07 Å². The van der Waals surface area contributed by atoms with Gasteiger partial charge < -0.3 is 9.80 Å². The fraction of sp³-hybridized carbons (Fsp3) is 0.385. The van der Waals surface area contributed by atoms with E-state index in [0.29, 0.717) is 22.3 Å². The molecule has 0 aliphatic carbocycles. The van der Waals surface area contributed by atoms with E-state index in [-0.39, 0.29) is 11.9 Å². The molecule has 1 atom stereocenters. The van der Waals surface area contributed by atoms with Crippen molar-refractivity contribution in [2.75, 3.05) is 46.3 Å². The van der Waals surface area contributed by atoms with E-state index in [9.17, 15) is 13.6 Å². The Morgan fingerprint density at radius 3 is 2.58 bits per heavy atom. The van der Waals surface area contributed by atoms with E-state index in [1.807, 2.05) is 29.2 Å². The highest BCUT2D eigenvalue weighted by Gasteiger charge is 2.32. The Kier molecular flexibility index (Phi) is 6.08. The van der Waals surface area contributed by atoms with E-state index in [4.69, 9.17) is 0 Å². The molecule has 1 aromatic heterocycles. The van der Waals surface area contributed by atoms with Gasteiger partial charge in [0.1, 0.15) is 0 Å². The molecule has 2 aromatic carbocycles. The van der Waals surface area contributed by atoms with Gasteiger partial charge in [0.05, 0.1) is 16.8 Å². The standard InChI is InChI=1S/C26H28F2N4O/c1-30-11-13-31(14-12-30)17-19-5-4-10-32(19)26(33)21-16-25(18-8-9-22(27)23(28)15-18)29-24-7-3-2-6-20(21)24/h2-3,6-9,15-16,19H,4-5,10-14,17H2,1H3. The Morgan fingerprint density at radius 2 is 1.79 bits per heavy atom. The van der Waals surface area contributed by atoms with Crippen LogP contribution in [0.4, 0.5) is 8.78 Å². The van der Waals surface area contributed by atoms with E-state index in [2.05, 4.69) is 21.8 Å². The number of rotatable bonds is 4. The fourth-order valence-electron chi connectivity index (χ4n) is 4.93. The Balaban J connectivity index is 1.47. The van der Waals surface area contributed by atoms with Crippen LogP contribution in [0.15, 0.2) is 48.5 Å². The van der Waals surface area contributed by atoms with Crippen LogP contribution in [0.5, 0.6) is 0 Å². The van der Waals surface area contributed by atoms with Crippen LogP contribution >= 0.6 is 0 Å². The summed E-state index contributed by atoms with van der Waals surface area (Å²) in [6.07, 6.45) is 1.99. The SMILES string of the molecule is CN1CCN(CC2CCCN2C(=O)c2cc(-c3ccc(F)c(F)c3)nc3ccccc23)CC1. The molecule has 0 N–H and O–H groups in total. The summed E-state index contributed by atoms with van der Waals surface area (Å²) >= 11 is 0. The molecule has 0 bridgehead atoms. The number of likely N-dealkylation sites (N-methyl/N-ethyl adjacent to an activating group) is 1. The average Bonchev–Trinajstić information content (AvgIpc) is 3.29. The predicted molar refractivity (Wildman–Crippen MR) is 125 cm³/mol. The van der Waals surface area contributed by atoms with Crippen molar-refractivity contribution in [1.82, 2.24) is 19.7 Å². The molecule has 33 heavy (non-hydrogen) atoms. The first-order valence-electron chi connectivity index (χ1n) is 11.6. The van der Waals surface area contributed by atoms with Gasteiger partial charge in [0.15, 0.2) is 11.6 Å². The van der Waals surface area contributed by atoms with Gasteiger partial charge in [-0.15, -0.1) is 0 Å². The van der Waals surface area contributed by atoms with Crippen LogP contribution in [0.2, 0.25) is 0 Å². The van der Waals surface area contributed by atoms with Crippen molar-refractivity contribution in [3.63, 3.8) is 0 Å². The first kappa shape index (κ1) is 21.9. The quantitative estimate of drug-likeness (QED) is 0.602. The second kappa shape index (κ2) is 9.15. The molecule has 2 fully saturated rings. The van der Waals surface area contributed by atoms with Gasteiger partial charge in [0, 0.05) is 56.3 Å². The highest BCUT2D eigenvalue weighted by Crippen LogP contribution is 2.29. The summed E-state index contributed by atoms with van der Waals surface area (Å²) in [6.45, 7) is 5.76. The molecule has 3 heterocycles. The smallest absolute Gasteiger partial charge is 0.254 e. The van der Waals surface area contributed by atoms with E-state index in [0.717, 1.165) is 69.6 Å². The highest BCUT2D eigenvalue weighted by molar-refractivity contribution is 6.07. The number of hydrogen-bond acceptors (Lipinski definition) is 4. The Hall–Kier alpha value is -2.90. The Morgan fingerprint density at radius 1 is 1.00 bits per heavy atom. The largest absolute Gasteiger partial charge is 0.334 e. The number of aromatic nitrogens is 1. The average molecular weight is 451 g/mol. The molecule has 172 valence electrons. The second-order valence-electron chi connectivity index (χ2n) is 9.10. The van der Waals surface area contributed by atoms with Crippen LogP contribution in [0.3, 0.4) is 0 Å². The molecule has 0 saturated carbocycles. The normalized spacial score (nSPS) is 20.0. The van der Waals surface area contributed by atoms with Crippen molar-refractivity contribution in [3.05, 3.63) is 65.7 Å². The lowest BCUT2D eigenvalue weighted by atomic mass is 10.0. The number of pyridine rings is 1. The van der Waals surface area contributed by atoms with E-state index in [1.54, 1.807) is 6.07 Å². The summed E-state index contributed by atoms with van der Waals surface area (Å²) < 4.78 is 27.4. The lowest BCUT2D eigenvalue weighted by Crippen LogP contribution is -2.50. The third-order valence-corrected chi connectivity index (χ3v) is 6.86. The summed E-state index contributed by atoms with van der Waals surface area (Å²) in [4.78, 5) is 25.2. The maximum Gasteiger partial charge on any atom is 0.254 e. The molecule has 0 radical (unpaired) electrons. The number of fused-ring (bicyclic) bond motifs is 1. The van der Waals surface area contributed by atoms with Crippen molar-refractivity contribution in [1.29, 1.82) is 0 Å². The molecular formula is C26H28F2N4O. The van der Waals surface area contributed by atoms with E-state index >= 15 is 0 Å². The number of nitrogens with zero attached hydrogens (tertiary/aromatic N) is 4. The number of amides is 1. The molecule has 0 spiro atoms. The van der Waals surface area contributed by atoms with Crippen molar-refractivity contribution >= 4 is 16.8 Å². The van der Waals surface area contributed by atoms with Gasteiger partial charge in [-0.2, -0.15) is 0 Å². The highest BCUT2D eigenvalue weighted by atomic mass is 19.2. The van der Waals surface area contributed by atoms with Crippen LogP contribution in [-0.2, 0) is 0 Å². The molecular weight excluding hydrogens is 422 g/mol. The summed E-state index contributed by atoms with van der Waals surface area (Å²) in [5.74, 6) is -1.85. The summed E-state index contributed by atoms with van der Waals surface area (Å²) in [5.41, 5.74) is 2.14. The number of para-hydroxylation sites is 1. The maximum atomic E-state index is 13.9. The molecule has 3 aromatic rings. The third-order valence-electron chi connectivity index (χ3n) is 6.86. The monoisotopic (exact) mass is 450 g/mol. The first-order valence-corrected chi connectivity index (χ1v) is 11.6. The Labute approximate surface area is 192 Å². The van der Waals surface area contributed by atoms with E-state index < -0.39 is 11.6 Å². The van der Waals surface area contributed by atoms with Crippen molar-refractivity contribution in [2.24, 2.45) is 0 Å². The molecule has 5 rings (SSSR count). The molecule has 7 heteroatoms. The zero-order chi connectivity index (χ0) is 22.9. The number of halogens is 2. The number of benzene rings is 2. The number of piperazine rings is 1. The van der Waals surface area contributed by atoms with Gasteiger partial charge in [-0.1, -0.05) is 18.2 Å². The zero-order valence-corrected chi connectivity index (χ0v) is 18.8. The number of likely N-dealkylation sites (tertiary alicyclic amines) is 1. The summed E-state index contributed by atoms with van der Waals surface area (Å²) in [7, 11) is 2.14. The minimum Gasteiger partial charge on any atom is -0.334 e. The topological polar surface area (TPSA) is 39.7 Å². The molecule has 2 aliphatic rings. The van der Waals surface area contributed by atoms with Gasteiger partial charge in [0.2, 0.25) is 0 Å². The lowest BCUT2D eigenvalue weighted by Gasteiger charge is -2.36. The van der Waals surface area contributed by atoms with Crippen LogP contribution in [0.25, 0.3) is 22.2 Å². The fourth-order valence-corrected chi connectivity index (χ4v) is 4.93. The molecule has 2 saturated heterocycles. The van der Waals surface area contributed by atoms with Gasteiger partial charge >= 0.3 is 0 Å². The van der Waals surface area contributed by atoms with Crippen LogP contribution < -0.4 is 0 Å². The zero-order valence-electron chi connectivity index (χ0n) is 18.8. The maximum absolute atomic E-state index is 13.9. The van der Waals surface area contributed by atoms with Gasteiger partial charge in [-0.25, -0.2) is 13.8 Å². The lowest BCUT2D eigenvalue weighted by molar-refractivity contribution is 0.0669.